The lowest BCUT2D eigenvalue weighted by Crippen LogP contribution is -2.24. The van der Waals surface area contributed by atoms with Crippen LogP contribution in [0.25, 0.3) is 11.4 Å². The van der Waals surface area contributed by atoms with Crippen LogP contribution in [0.3, 0.4) is 0 Å². The van der Waals surface area contributed by atoms with Gasteiger partial charge in [-0.2, -0.15) is 18.3 Å². The van der Waals surface area contributed by atoms with Crippen LogP contribution in [0.1, 0.15) is 32.2 Å². The molecular weight excluding hydrogens is 463 g/mol. The summed E-state index contributed by atoms with van der Waals surface area (Å²) >= 11 is 0. The van der Waals surface area contributed by atoms with Gasteiger partial charge < -0.3 is 5.11 Å². The molecule has 3 rings (SSSR count). The number of aromatic nitrogens is 4. The van der Waals surface area contributed by atoms with E-state index in [1.54, 1.807) is 36.7 Å². The Morgan fingerprint density at radius 3 is 2.09 bits per heavy atom. The molecule has 0 aliphatic heterocycles. The number of nitrogens with one attached hydrogen (secondary N) is 2. The van der Waals surface area contributed by atoms with Crippen molar-refractivity contribution in [2.24, 2.45) is 0 Å². The van der Waals surface area contributed by atoms with Crippen LogP contribution in [0.4, 0.5) is 13.2 Å². The summed E-state index contributed by atoms with van der Waals surface area (Å²) in [5, 5.41) is 14.0. The second-order valence-electron chi connectivity index (χ2n) is 7.74. The van der Waals surface area contributed by atoms with Crippen LogP contribution in [0.2, 0.25) is 0 Å². The van der Waals surface area contributed by atoms with Gasteiger partial charge in [0.2, 0.25) is 10.0 Å². The third-order valence-electron chi connectivity index (χ3n) is 4.17. The van der Waals surface area contributed by atoms with Crippen LogP contribution in [0.15, 0.2) is 53.7 Å². The van der Waals surface area contributed by atoms with Gasteiger partial charge in [0.1, 0.15) is 5.82 Å². The Labute approximate surface area is 188 Å². The molecule has 3 N–H and O–H groups in total. The number of carboxylic acid groups (broad SMARTS) is 1. The molecule has 0 amide bonds. The fourth-order valence-corrected chi connectivity index (χ4v) is 3.37. The maximum Gasteiger partial charge on any atom is 0.490 e. The van der Waals surface area contributed by atoms with E-state index in [1.165, 1.54) is 0 Å². The number of H-pyrrole nitrogens is 1. The number of pyridine rings is 1. The Morgan fingerprint density at radius 1 is 1.06 bits per heavy atom. The van der Waals surface area contributed by atoms with E-state index in [4.69, 9.17) is 9.90 Å². The summed E-state index contributed by atoms with van der Waals surface area (Å²) in [4.78, 5) is 17.4. The van der Waals surface area contributed by atoms with Gasteiger partial charge in [0, 0.05) is 18.0 Å². The number of alkyl halides is 3. The van der Waals surface area contributed by atoms with Crippen LogP contribution < -0.4 is 4.72 Å². The molecule has 0 saturated carbocycles. The summed E-state index contributed by atoms with van der Waals surface area (Å²) in [5.41, 5.74) is 1.86. The van der Waals surface area contributed by atoms with Gasteiger partial charge in [-0.25, -0.2) is 22.9 Å². The first-order valence-corrected chi connectivity index (χ1v) is 10.9. The third-order valence-corrected chi connectivity index (χ3v) is 5.59. The van der Waals surface area contributed by atoms with Crippen LogP contribution in [0, 0.1) is 0 Å². The summed E-state index contributed by atoms with van der Waals surface area (Å²) in [5.74, 6) is -1.82. The van der Waals surface area contributed by atoms with E-state index in [2.05, 4.69) is 45.7 Å². The fourth-order valence-electron chi connectivity index (χ4n) is 2.39. The van der Waals surface area contributed by atoms with E-state index < -0.39 is 22.2 Å². The summed E-state index contributed by atoms with van der Waals surface area (Å²) in [6.07, 6.45) is -1.79. The molecular formula is C20H22F3N5O4S. The van der Waals surface area contributed by atoms with Crippen molar-refractivity contribution in [2.75, 3.05) is 0 Å². The van der Waals surface area contributed by atoms with Crippen molar-refractivity contribution in [1.82, 2.24) is 24.9 Å². The van der Waals surface area contributed by atoms with Crippen molar-refractivity contribution >= 4 is 16.0 Å². The van der Waals surface area contributed by atoms with Crippen molar-refractivity contribution in [2.45, 2.75) is 43.8 Å². The SMILES string of the molecule is CC(C)(C)c1ccc(S(=O)(=O)NCc2nc(-c3ccncc3)n[nH]2)cc1.O=C(O)C(F)(F)F. The molecule has 0 radical (unpaired) electrons. The maximum absolute atomic E-state index is 12.5. The van der Waals surface area contributed by atoms with E-state index in [1.807, 2.05) is 12.1 Å². The minimum Gasteiger partial charge on any atom is -0.475 e. The molecule has 9 nitrogen and oxygen atoms in total. The van der Waals surface area contributed by atoms with Gasteiger partial charge in [-0.1, -0.05) is 32.9 Å². The minimum atomic E-state index is -5.08. The molecule has 0 spiro atoms. The summed E-state index contributed by atoms with van der Waals surface area (Å²) < 4.78 is 59.2. The summed E-state index contributed by atoms with van der Waals surface area (Å²) in [6, 6.07) is 10.5. The number of hydrogen-bond acceptors (Lipinski definition) is 6. The van der Waals surface area contributed by atoms with Crippen LogP contribution in [0.5, 0.6) is 0 Å². The van der Waals surface area contributed by atoms with E-state index >= 15 is 0 Å². The largest absolute Gasteiger partial charge is 0.490 e. The van der Waals surface area contributed by atoms with Crippen molar-refractivity contribution < 1.29 is 31.5 Å². The normalized spacial score (nSPS) is 12.1. The average Bonchev–Trinajstić information content (AvgIpc) is 3.21. The molecule has 2 heterocycles. The van der Waals surface area contributed by atoms with Crippen molar-refractivity contribution in [1.29, 1.82) is 0 Å². The molecule has 0 unspecified atom stereocenters. The lowest BCUT2D eigenvalue weighted by Gasteiger charge is -2.19. The van der Waals surface area contributed by atoms with Crippen LogP contribution in [-0.4, -0.2) is 45.8 Å². The molecule has 0 saturated heterocycles. The highest BCUT2D eigenvalue weighted by Crippen LogP contribution is 2.23. The highest BCUT2D eigenvalue weighted by molar-refractivity contribution is 7.89. The number of halogens is 3. The first kappa shape index (κ1) is 25.9. The second kappa shape index (κ2) is 10.1. The van der Waals surface area contributed by atoms with Gasteiger partial charge in [-0.05, 0) is 35.2 Å². The van der Waals surface area contributed by atoms with Gasteiger partial charge >= 0.3 is 12.1 Å². The molecule has 33 heavy (non-hydrogen) atoms. The zero-order valence-corrected chi connectivity index (χ0v) is 18.7. The van der Waals surface area contributed by atoms with E-state index in [0.29, 0.717) is 11.6 Å². The molecule has 0 bridgehead atoms. The molecule has 0 aliphatic carbocycles. The number of nitrogens with zero attached hydrogens (tertiary/aromatic N) is 3. The number of benzene rings is 1. The van der Waals surface area contributed by atoms with Crippen molar-refractivity contribution in [3.8, 4) is 11.4 Å². The smallest absolute Gasteiger partial charge is 0.475 e. The topological polar surface area (TPSA) is 138 Å². The number of aromatic amines is 1. The molecule has 1 aromatic carbocycles. The zero-order valence-electron chi connectivity index (χ0n) is 17.9. The van der Waals surface area contributed by atoms with Crippen molar-refractivity contribution in [3.63, 3.8) is 0 Å². The monoisotopic (exact) mass is 485 g/mol. The maximum atomic E-state index is 12.5. The second-order valence-corrected chi connectivity index (χ2v) is 9.51. The number of hydrogen-bond donors (Lipinski definition) is 3. The summed E-state index contributed by atoms with van der Waals surface area (Å²) in [6.45, 7) is 6.28. The van der Waals surface area contributed by atoms with E-state index in [9.17, 15) is 21.6 Å². The molecule has 0 fully saturated rings. The average molecular weight is 485 g/mol. The molecule has 13 heteroatoms. The quantitative estimate of drug-likeness (QED) is 0.504. The highest BCUT2D eigenvalue weighted by Gasteiger charge is 2.38. The molecule has 178 valence electrons. The number of carbonyl (C=O) groups is 1. The first-order chi connectivity index (χ1) is 15.2. The lowest BCUT2D eigenvalue weighted by atomic mass is 9.87. The fraction of sp³-hybridized carbons (Fsp3) is 0.300. The van der Waals surface area contributed by atoms with Crippen LogP contribution in [-0.2, 0) is 26.8 Å². The Balaban J connectivity index is 0.000000479. The van der Waals surface area contributed by atoms with Gasteiger partial charge in [-0.3, -0.25) is 10.1 Å². The third kappa shape index (κ3) is 7.64. The van der Waals surface area contributed by atoms with Gasteiger partial charge in [0.15, 0.2) is 5.82 Å². The Morgan fingerprint density at radius 2 is 1.61 bits per heavy atom. The Kier molecular flexibility index (Phi) is 7.93. The zero-order chi connectivity index (χ0) is 24.9. The first-order valence-electron chi connectivity index (χ1n) is 9.42. The number of sulfonamides is 1. The van der Waals surface area contributed by atoms with E-state index in [0.717, 1.165) is 11.1 Å². The number of rotatable bonds is 5. The minimum absolute atomic E-state index is 0.0289. The van der Waals surface area contributed by atoms with Gasteiger partial charge in [-0.15, -0.1) is 0 Å². The van der Waals surface area contributed by atoms with E-state index in [-0.39, 0.29) is 16.9 Å². The molecule has 3 aromatic rings. The predicted molar refractivity (Wildman–Crippen MR) is 112 cm³/mol. The molecule has 0 atom stereocenters. The standard InChI is InChI=1S/C18H21N5O2S.C2HF3O2/c1-18(2,3)14-4-6-15(7-5-14)26(24,25)20-12-16-21-17(23-22-16)13-8-10-19-11-9-13;3-2(4,5)1(6)7/h4-11,20H,12H2,1-3H3,(H,21,22,23);(H,6,7). The van der Waals surface area contributed by atoms with Crippen molar-refractivity contribution in [3.05, 3.63) is 60.2 Å². The molecule has 0 aliphatic rings. The Hall–Kier alpha value is -3.32. The Bertz CT molecular complexity index is 1170. The summed E-state index contributed by atoms with van der Waals surface area (Å²) in [7, 11) is -3.62. The van der Waals surface area contributed by atoms with Crippen LogP contribution >= 0.6 is 0 Å². The van der Waals surface area contributed by atoms with Gasteiger partial charge in [0.05, 0.1) is 11.4 Å². The lowest BCUT2D eigenvalue weighted by molar-refractivity contribution is -0.192. The highest BCUT2D eigenvalue weighted by atomic mass is 32.2. The predicted octanol–water partition coefficient (Wildman–Crippen LogP) is 3.28. The number of aliphatic carboxylic acids is 1. The van der Waals surface area contributed by atoms with Gasteiger partial charge in [0.25, 0.3) is 0 Å². The molecule has 2 aromatic heterocycles. The number of carboxylic acids is 1.